The Kier molecular flexibility index (Phi) is 8.62. The van der Waals surface area contributed by atoms with Crippen molar-refractivity contribution < 1.29 is 19.1 Å². The molecular weight excluding hydrogens is 432 g/mol. The molecule has 0 atom stereocenters. The summed E-state index contributed by atoms with van der Waals surface area (Å²) < 4.78 is 12.6. The molecule has 3 aromatic rings. The molecule has 0 saturated carbocycles. The first-order valence-corrected chi connectivity index (χ1v) is 11.4. The summed E-state index contributed by atoms with van der Waals surface area (Å²) in [4.78, 5) is 36.7. The quantitative estimate of drug-likeness (QED) is 0.343. The van der Waals surface area contributed by atoms with Crippen molar-refractivity contribution >= 4 is 17.6 Å². The Morgan fingerprint density at radius 3 is 2.56 bits per heavy atom. The lowest BCUT2D eigenvalue weighted by Crippen LogP contribution is -2.22. The summed E-state index contributed by atoms with van der Waals surface area (Å²) in [6, 6.07) is 15.5. The van der Waals surface area contributed by atoms with Crippen molar-refractivity contribution in [1.29, 1.82) is 0 Å². The van der Waals surface area contributed by atoms with Crippen molar-refractivity contribution in [2.24, 2.45) is 0 Å². The normalized spacial score (nSPS) is 10.6. The summed E-state index contributed by atoms with van der Waals surface area (Å²) in [6.07, 6.45) is 4.87. The number of carbonyl (C=O) groups is 2. The van der Waals surface area contributed by atoms with E-state index >= 15 is 0 Å². The molecule has 0 aliphatic carbocycles. The average Bonchev–Trinajstić information content (AvgIpc) is 2.81. The largest absolute Gasteiger partial charge is 0.488 e. The van der Waals surface area contributed by atoms with Crippen LogP contribution in [-0.4, -0.2) is 29.7 Å². The molecule has 1 aromatic heterocycles. The van der Waals surface area contributed by atoms with E-state index in [4.69, 9.17) is 9.47 Å². The highest BCUT2D eigenvalue weighted by atomic mass is 16.5. The first-order chi connectivity index (χ1) is 16.4. The minimum Gasteiger partial charge on any atom is -0.488 e. The molecule has 0 aliphatic heterocycles. The maximum atomic E-state index is 12.8. The van der Waals surface area contributed by atoms with Gasteiger partial charge in [-0.2, -0.15) is 0 Å². The number of hydrogen-bond donors (Lipinski definition) is 1. The molecule has 0 radical (unpaired) electrons. The number of rotatable bonds is 10. The zero-order valence-electron chi connectivity index (χ0n) is 19.8. The van der Waals surface area contributed by atoms with Gasteiger partial charge in [-0.1, -0.05) is 49.7 Å². The molecule has 0 bridgehead atoms. The number of esters is 1. The molecule has 34 heavy (non-hydrogen) atoms. The molecule has 178 valence electrons. The zero-order valence-corrected chi connectivity index (χ0v) is 19.8. The second-order valence-electron chi connectivity index (χ2n) is 7.88. The monoisotopic (exact) mass is 462 g/mol. The Bertz CT molecular complexity index is 1220. The van der Waals surface area contributed by atoms with Gasteiger partial charge in [0.25, 0.3) is 0 Å². The van der Waals surface area contributed by atoms with Crippen molar-refractivity contribution in [1.82, 2.24) is 4.57 Å². The number of amides is 1. The van der Waals surface area contributed by atoms with Crippen molar-refractivity contribution in [3.63, 3.8) is 0 Å². The standard InChI is InChI=1S/C27H30N2O5/c1-4-6-14-34-25-18-29(17-24(26(25)31)27(32)33-5-2)16-21-10-7-8-13-23(21)20-11-9-12-22(15-20)28-19(3)30/h7-13,15,17-18H,4-6,14,16H2,1-3H3,(H,28,30). The number of benzene rings is 2. The van der Waals surface area contributed by atoms with Crippen molar-refractivity contribution in [3.8, 4) is 16.9 Å². The minimum absolute atomic E-state index is 0.0546. The summed E-state index contributed by atoms with van der Waals surface area (Å²) in [6.45, 7) is 6.17. The molecule has 7 nitrogen and oxygen atoms in total. The number of hydrogen-bond acceptors (Lipinski definition) is 5. The van der Waals surface area contributed by atoms with Gasteiger partial charge in [0.1, 0.15) is 5.56 Å². The van der Waals surface area contributed by atoms with Crippen LogP contribution >= 0.6 is 0 Å². The van der Waals surface area contributed by atoms with Crippen LogP contribution in [0.15, 0.2) is 65.7 Å². The summed E-state index contributed by atoms with van der Waals surface area (Å²) in [5.74, 6) is -0.677. The van der Waals surface area contributed by atoms with Crippen LogP contribution in [0.5, 0.6) is 5.75 Å². The highest BCUT2D eigenvalue weighted by molar-refractivity contribution is 5.90. The van der Waals surface area contributed by atoms with E-state index in [0.717, 1.165) is 29.5 Å². The SMILES string of the molecule is CCCCOc1cn(Cc2ccccc2-c2cccc(NC(C)=O)c2)cc(C(=O)OCC)c1=O. The number of ether oxygens (including phenoxy) is 2. The summed E-state index contributed by atoms with van der Waals surface area (Å²) in [5, 5.41) is 2.81. The van der Waals surface area contributed by atoms with Gasteiger partial charge in [-0.25, -0.2) is 4.79 Å². The fourth-order valence-electron chi connectivity index (χ4n) is 3.58. The smallest absolute Gasteiger partial charge is 0.343 e. The lowest BCUT2D eigenvalue weighted by molar-refractivity contribution is -0.114. The van der Waals surface area contributed by atoms with Gasteiger partial charge in [0, 0.05) is 25.4 Å². The average molecular weight is 463 g/mol. The highest BCUT2D eigenvalue weighted by Gasteiger charge is 2.18. The van der Waals surface area contributed by atoms with Crippen LogP contribution in [0, 0.1) is 0 Å². The minimum atomic E-state index is -0.668. The predicted molar refractivity (Wildman–Crippen MR) is 132 cm³/mol. The van der Waals surface area contributed by atoms with Crippen LogP contribution in [0.4, 0.5) is 5.69 Å². The Morgan fingerprint density at radius 1 is 1.03 bits per heavy atom. The third-order valence-corrected chi connectivity index (χ3v) is 5.16. The summed E-state index contributed by atoms with van der Waals surface area (Å²) >= 11 is 0. The van der Waals surface area contributed by atoms with Gasteiger partial charge in [0.05, 0.1) is 19.4 Å². The first-order valence-electron chi connectivity index (χ1n) is 11.4. The van der Waals surface area contributed by atoms with Crippen molar-refractivity contribution in [2.75, 3.05) is 18.5 Å². The van der Waals surface area contributed by atoms with Gasteiger partial charge in [-0.05, 0) is 42.2 Å². The van der Waals surface area contributed by atoms with Crippen LogP contribution in [0.25, 0.3) is 11.1 Å². The van der Waals surface area contributed by atoms with Gasteiger partial charge >= 0.3 is 5.97 Å². The van der Waals surface area contributed by atoms with E-state index in [9.17, 15) is 14.4 Å². The molecule has 1 N–H and O–H groups in total. The third kappa shape index (κ3) is 6.34. The molecule has 1 amide bonds. The Hall–Kier alpha value is -3.87. The van der Waals surface area contributed by atoms with Crippen molar-refractivity contribution in [3.05, 3.63) is 82.3 Å². The van der Waals surface area contributed by atoms with E-state index in [-0.39, 0.29) is 23.8 Å². The molecule has 0 fully saturated rings. The number of nitrogens with one attached hydrogen (secondary N) is 1. The second kappa shape index (κ2) is 11.8. The van der Waals surface area contributed by atoms with E-state index in [1.807, 2.05) is 55.5 Å². The molecular formula is C27H30N2O5. The third-order valence-electron chi connectivity index (χ3n) is 5.16. The maximum Gasteiger partial charge on any atom is 0.343 e. The second-order valence-corrected chi connectivity index (χ2v) is 7.88. The number of carbonyl (C=O) groups excluding carboxylic acids is 2. The van der Waals surface area contributed by atoms with Crippen LogP contribution in [-0.2, 0) is 16.1 Å². The van der Waals surface area contributed by atoms with Gasteiger partial charge in [0.15, 0.2) is 5.75 Å². The van der Waals surface area contributed by atoms with Gasteiger partial charge in [-0.3, -0.25) is 9.59 Å². The van der Waals surface area contributed by atoms with Gasteiger partial charge in [-0.15, -0.1) is 0 Å². The van der Waals surface area contributed by atoms with Gasteiger partial charge < -0.3 is 19.4 Å². The molecule has 2 aromatic carbocycles. The molecule has 0 spiro atoms. The number of nitrogens with zero attached hydrogens (tertiary/aromatic N) is 1. The lowest BCUT2D eigenvalue weighted by Gasteiger charge is -2.15. The topological polar surface area (TPSA) is 86.6 Å². The van der Waals surface area contributed by atoms with Crippen LogP contribution in [0.2, 0.25) is 0 Å². The summed E-state index contributed by atoms with van der Waals surface area (Å²) in [7, 11) is 0. The Morgan fingerprint density at radius 2 is 1.82 bits per heavy atom. The van der Waals surface area contributed by atoms with Gasteiger partial charge in [0.2, 0.25) is 11.3 Å². The molecule has 0 aliphatic rings. The fraction of sp³-hybridized carbons (Fsp3) is 0.296. The van der Waals surface area contributed by atoms with Crippen LogP contribution in [0.1, 0.15) is 49.5 Å². The van der Waals surface area contributed by atoms with E-state index in [2.05, 4.69) is 5.32 Å². The number of anilines is 1. The lowest BCUT2D eigenvalue weighted by atomic mass is 9.99. The molecule has 0 unspecified atom stereocenters. The van der Waals surface area contributed by atoms with E-state index < -0.39 is 11.4 Å². The Balaban J connectivity index is 2.00. The Labute approximate surface area is 199 Å². The number of aromatic nitrogens is 1. The maximum absolute atomic E-state index is 12.8. The zero-order chi connectivity index (χ0) is 24.5. The predicted octanol–water partition coefficient (Wildman–Crippen LogP) is 4.88. The number of unbranched alkanes of at least 4 members (excludes halogenated alkanes) is 1. The fourth-order valence-corrected chi connectivity index (χ4v) is 3.58. The first kappa shape index (κ1) is 24.8. The van der Waals surface area contributed by atoms with Crippen LogP contribution < -0.4 is 15.5 Å². The summed E-state index contributed by atoms with van der Waals surface area (Å²) in [5.41, 5.74) is 3.07. The van der Waals surface area contributed by atoms with Crippen molar-refractivity contribution in [2.45, 2.75) is 40.2 Å². The number of pyridine rings is 1. The van der Waals surface area contributed by atoms with Crippen LogP contribution in [0.3, 0.4) is 0 Å². The molecule has 3 rings (SSSR count). The van der Waals surface area contributed by atoms with E-state index in [1.165, 1.54) is 13.1 Å². The highest BCUT2D eigenvalue weighted by Crippen LogP contribution is 2.27. The molecule has 1 heterocycles. The van der Waals surface area contributed by atoms with E-state index in [0.29, 0.717) is 18.8 Å². The molecule has 7 heteroatoms. The van der Waals surface area contributed by atoms with E-state index in [1.54, 1.807) is 17.7 Å². The molecule has 0 saturated heterocycles.